The first-order chi connectivity index (χ1) is 9.65. The average Bonchev–Trinajstić information content (AvgIpc) is 2.98. The van der Waals surface area contributed by atoms with Gasteiger partial charge in [-0.25, -0.2) is 0 Å². The predicted octanol–water partition coefficient (Wildman–Crippen LogP) is 1.06. The van der Waals surface area contributed by atoms with E-state index in [0.29, 0.717) is 30.8 Å². The first-order valence-electron chi connectivity index (χ1n) is 6.49. The minimum atomic E-state index is -0.442. The van der Waals surface area contributed by atoms with Crippen LogP contribution in [0.5, 0.6) is 0 Å². The van der Waals surface area contributed by atoms with Gasteiger partial charge in [0.15, 0.2) is 0 Å². The van der Waals surface area contributed by atoms with Gasteiger partial charge in [0.25, 0.3) is 5.91 Å². The molecule has 0 saturated heterocycles. The Kier molecular flexibility index (Phi) is 8.32. The van der Waals surface area contributed by atoms with Gasteiger partial charge in [0, 0.05) is 13.1 Å². The number of rotatable bonds is 9. The zero-order chi connectivity index (χ0) is 14.8. The first kappa shape index (κ1) is 17.0. The quantitative estimate of drug-likeness (QED) is 0.595. The van der Waals surface area contributed by atoms with Gasteiger partial charge in [0.05, 0.1) is 10.9 Å². The molecule has 0 aromatic carbocycles. The predicted molar refractivity (Wildman–Crippen MR) is 85.3 cm³/mol. The lowest BCUT2D eigenvalue weighted by Crippen LogP contribution is -2.41. The van der Waals surface area contributed by atoms with E-state index in [4.69, 9.17) is 5.73 Å². The summed E-state index contributed by atoms with van der Waals surface area (Å²) >= 11 is 3.09. The lowest BCUT2D eigenvalue weighted by atomic mass is 10.2. The van der Waals surface area contributed by atoms with Crippen molar-refractivity contribution in [1.82, 2.24) is 10.6 Å². The number of hydrogen-bond acceptors (Lipinski definition) is 5. The summed E-state index contributed by atoms with van der Waals surface area (Å²) in [7, 11) is 0. The summed E-state index contributed by atoms with van der Waals surface area (Å²) in [6, 6.07) is 3.19. The van der Waals surface area contributed by atoms with Crippen molar-refractivity contribution >= 4 is 34.9 Å². The van der Waals surface area contributed by atoms with Crippen molar-refractivity contribution in [3.8, 4) is 0 Å². The van der Waals surface area contributed by atoms with Crippen LogP contribution in [0.15, 0.2) is 17.5 Å². The van der Waals surface area contributed by atoms with Gasteiger partial charge in [-0.1, -0.05) is 6.07 Å². The molecule has 2 amide bonds. The largest absolute Gasteiger partial charge is 0.355 e. The fourth-order valence-corrected chi connectivity index (χ4v) is 2.63. The SMILES string of the molecule is CSCC[C@H](N)C(=O)NCCCNC(=O)c1cccs1. The van der Waals surface area contributed by atoms with E-state index in [-0.39, 0.29) is 11.8 Å². The van der Waals surface area contributed by atoms with Crippen LogP contribution in [-0.4, -0.2) is 43.0 Å². The van der Waals surface area contributed by atoms with E-state index in [2.05, 4.69) is 10.6 Å². The molecule has 1 aromatic rings. The van der Waals surface area contributed by atoms with Crippen LogP contribution in [0.2, 0.25) is 0 Å². The smallest absolute Gasteiger partial charge is 0.261 e. The maximum Gasteiger partial charge on any atom is 0.261 e. The van der Waals surface area contributed by atoms with E-state index in [1.165, 1.54) is 11.3 Å². The van der Waals surface area contributed by atoms with Crippen molar-refractivity contribution in [2.45, 2.75) is 18.9 Å². The average molecular weight is 315 g/mol. The van der Waals surface area contributed by atoms with Crippen LogP contribution in [-0.2, 0) is 4.79 Å². The zero-order valence-corrected chi connectivity index (χ0v) is 13.2. The van der Waals surface area contributed by atoms with Crippen LogP contribution in [0.4, 0.5) is 0 Å². The van der Waals surface area contributed by atoms with E-state index in [1.807, 2.05) is 17.7 Å². The highest BCUT2D eigenvalue weighted by molar-refractivity contribution is 7.98. The molecular formula is C13H21N3O2S2. The number of nitrogens with one attached hydrogen (secondary N) is 2. The molecule has 1 rings (SSSR count). The molecule has 1 atom stereocenters. The second kappa shape index (κ2) is 9.79. The molecule has 1 heterocycles. The molecule has 4 N–H and O–H groups in total. The maximum atomic E-state index is 11.6. The Morgan fingerprint density at radius 1 is 1.40 bits per heavy atom. The molecule has 0 radical (unpaired) electrons. The highest BCUT2D eigenvalue weighted by Gasteiger charge is 2.11. The molecular weight excluding hydrogens is 294 g/mol. The van der Waals surface area contributed by atoms with Gasteiger partial charge in [-0.05, 0) is 36.3 Å². The van der Waals surface area contributed by atoms with Crippen molar-refractivity contribution in [2.24, 2.45) is 5.73 Å². The van der Waals surface area contributed by atoms with Gasteiger partial charge in [-0.3, -0.25) is 9.59 Å². The Morgan fingerprint density at radius 2 is 2.15 bits per heavy atom. The summed E-state index contributed by atoms with van der Waals surface area (Å²) in [6.07, 6.45) is 3.36. The van der Waals surface area contributed by atoms with Gasteiger partial charge in [-0.2, -0.15) is 11.8 Å². The van der Waals surface area contributed by atoms with E-state index in [9.17, 15) is 9.59 Å². The van der Waals surface area contributed by atoms with E-state index in [0.717, 1.165) is 5.75 Å². The molecule has 0 fully saturated rings. The summed E-state index contributed by atoms with van der Waals surface area (Å²) < 4.78 is 0. The van der Waals surface area contributed by atoms with E-state index < -0.39 is 6.04 Å². The van der Waals surface area contributed by atoms with Gasteiger partial charge in [-0.15, -0.1) is 11.3 Å². The third kappa shape index (κ3) is 6.40. The number of amides is 2. The molecule has 0 aliphatic rings. The molecule has 0 spiro atoms. The third-order valence-electron chi connectivity index (χ3n) is 2.65. The summed E-state index contributed by atoms with van der Waals surface area (Å²) in [5.74, 6) is 0.692. The molecule has 7 heteroatoms. The first-order valence-corrected chi connectivity index (χ1v) is 8.76. The molecule has 1 aromatic heterocycles. The molecule has 0 unspecified atom stereocenters. The fourth-order valence-electron chi connectivity index (χ4n) is 1.50. The van der Waals surface area contributed by atoms with Crippen molar-refractivity contribution in [3.05, 3.63) is 22.4 Å². The fraction of sp³-hybridized carbons (Fsp3) is 0.538. The van der Waals surface area contributed by atoms with Crippen LogP contribution < -0.4 is 16.4 Å². The second-order valence-electron chi connectivity index (χ2n) is 4.27. The molecule has 20 heavy (non-hydrogen) atoms. The van der Waals surface area contributed by atoms with Gasteiger partial charge >= 0.3 is 0 Å². The number of hydrogen-bond donors (Lipinski definition) is 3. The van der Waals surface area contributed by atoms with Crippen molar-refractivity contribution < 1.29 is 9.59 Å². The van der Waals surface area contributed by atoms with Gasteiger partial charge in [0.1, 0.15) is 0 Å². The second-order valence-corrected chi connectivity index (χ2v) is 6.20. The van der Waals surface area contributed by atoms with E-state index in [1.54, 1.807) is 17.8 Å². The monoisotopic (exact) mass is 315 g/mol. The molecule has 112 valence electrons. The maximum absolute atomic E-state index is 11.6. The lowest BCUT2D eigenvalue weighted by molar-refractivity contribution is -0.122. The number of carbonyl (C=O) groups is 2. The standard InChI is InChI=1S/C13H21N3O2S2/c1-19-9-5-10(14)12(17)15-6-3-7-16-13(18)11-4-2-8-20-11/h2,4,8,10H,3,5-7,9,14H2,1H3,(H,15,17)(H,16,18)/t10-/m0/s1. The topological polar surface area (TPSA) is 84.2 Å². The molecule has 0 saturated carbocycles. The van der Waals surface area contributed by atoms with Gasteiger partial charge in [0.2, 0.25) is 5.91 Å². The number of nitrogens with two attached hydrogens (primary N) is 1. The van der Waals surface area contributed by atoms with Gasteiger partial charge < -0.3 is 16.4 Å². The minimum absolute atomic E-state index is 0.0667. The Morgan fingerprint density at radius 3 is 2.80 bits per heavy atom. The normalized spacial score (nSPS) is 11.9. The zero-order valence-electron chi connectivity index (χ0n) is 11.6. The number of thiophene rings is 1. The summed E-state index contributed by atoms with van der Waals surface area (Å²) in [5.41, 5.74) is 5.74. The Hall–Kier alpha value is -1.05. The van der Waals surface area contributed by atoms with Crippen LogP contribution in [0.3, 0.4) is 0 Å². The Labute approximate surface area is 127 Å². The minimum Gasteiger partial charge on any atom is -0.355 e. The summed E-state index contributed by atoms with van der Waals surface area (Å²) in [4.78, 5) is 23.9. The van der Waals surface area contributed by atoms with Crippen molar-refractivity contribution in [3.63, 3.8) is 0 Å². The van der Waals surface area contributed by atoms with Crippen LogP contribution in [0.25, 0.3) is 0 Å². The number of carbonyl (C=O) groups excluding carboxylic acids is 2. The van der Waals surface area contributed by atoms with Crippen molar-refractivity contribution in [1.29, 1.82) is 0 Å². The summed E-state index contributed by atoms with van der Waals surface area (Å²) in [6.45, 7) is 1.06. The third-order valence-corrected chi connectivity index (χ3v) is 4.17. The molecule has 5 nitrogen and oxygen atoms in total. The van der Waals surface area contributed by atoms with Crippen LogP contribution >= 0.6 is 23.1 Å². The molecule has 0 bridgehead atoms. The highest BCUT2D eigenvalue weighted by atomic mass is 32.2. The van der Waals surface area contributed by atoms with Crippen LogP contribution in [0.1, 0.15) is 22.5 Å². The van der Waals surface area contributed by atoms with E-state index >= 15 is 0 Å². The number of thioether (sulfide) groups is 1. The lowest BCUT2D eigenvalue weighted by Gasteiger charge is -2.11. The van der Waals surface area contributed by atoms with Crippen LogP contribution in [0, 0.1) is 0 Å². The molecule has 0 aliphatic carbocycles. The molecule has 0 aliphatic heterocycles. The Balaban J connectivity index is 2.07. The Bertz CT molecular complexity index is 410. The summed E-state index contributed by atoms with van der Waals surface area (Å²) in [5, 5.41) is 7.45. The highest BCUT2D eigenvalue weighted by Crippen LogP contribution is 2.07. The van der Waals surface area contributed by atoms with Crippen molar-refractivity contribution in [2.75, 3.05) is 25.1 Å².